The van der Waals surface area contributed by atoms with Gasteiger partial charge in [-0.25, -0.2) is 10.8 Å². The Morgan fingerprint density at radius 3 is 2.61 bits per heavy atom. The number of hydrazine groups is 1. The summed E-state index contributed by atoms with van der Waals surface area (Å²) in [7, 11) is 0. The number of nitrogens with zero attached hydrogens (tertiary/aromatic N) is 1. The third kappa shape index (κ3) is 3.26. The van der Waals surface area contributed by atoms with Crippen LogP contribution >= 0.6 is 23.2 Å². The van der Waals surface area contributed by atoms with E-state index in [0.717, 1.165) is 5.56 Å². The monoisotopic (exact) mass is 283 g/mol. The number of ether oxygens (including phenoxy) is 1. The van der Waals surface area contributed by atoms with Crippen LogP contribution in [0.4, 0.5) is 5.82 Å². The molecule has 1 aromatic heterocycles. The lowest BCUT2D eigenvalue weighted by atomic mass is 10.3. The molecule has 0 fully saturated rings. The van der Waals surface area contributed by atoms with Gasteiger partial charge in [-0.05, 0) is 18.2 Å². The Morgan fingerprint density at radius 2 is 2.00 bits per heavy atom. The van der Waals surface area contributed by atoms with Crippen molar-refractivity contribution >= 4 is 29.0 Å². The molecule has 2 aromatic rings. The van der Waals surface area contributed by atoms with E-state index >= 15 is 0 Å². The molecule has 1 heterocycles. The predicted octanol–water partition coefficient (Wildman–Crippen LogP) is 3.25. The van der Waals surface area contributed by atoms with Crippen LogP contribution in [0.2, 0.25) is 10.0 Å². The molecular formula is C12H11Cl2N3O. The summed E-state index contributed by atoms with van der Waals surface area (Å²) in [6.07, 6.45) is 1.69. The Bertz CT molecular complexity index is 531. The van der Waals surface area contributed by atoms with Crippen molar-refractivity contribution < 1.29 is 4.74 Å². The van der Waals surface area contributed by atoms with Gasteiger partial charge in [0.05, 0.1) is 10.0 Å². The van der Waals surface area contributed by atoms with E-state index in [0.29, 0.717) is 28.2 Å². The van der Waals surface area contributed by atoms with Gasteiger partial charge in [0.25, 0.3) is 0 Å². The summed E-state index contributed by atoms with van der Waals surface area (Å²) < 4.78 is 5.57. The van der Waals surface area contributed by atoms with Crippen LogP contribution in [0.5, 0.6) is 5.75 Å². The molecule has 0 aliphatic carbocycles. The summed E-state index contributed by atoms with van der Waals surface area (Å²) >= 11 is 11.7. The van der Waals surface area contributed by atoms with Crippen molar-refractivity contribution in [2.45, 2.75) is 6.61 Å². The Morgan fingerprint density at radius 1 is 1.17 bits per heavy atom. The molecule has 0 aliphatic rings. The van der Waals surface area contributed by atoms with E-state index in [4.69, 9.17) is 33.8 Å². The van der Waals surface area contributed by atoms with Crippen molar-refractivity contribution in [1.82, 2.24) is 4.98 Å². The zero-order chi connectivity index (χ0) is 13.0. The van der Waals surface area contributed by atoms with Crippen LogP contribution in [-0.2, 0) is 6.61 Å². The summed E-state index contributed by atoms with van der Waals surface area (Å²) in [5.74, 6) is 6.49. The Hall–Kier alpha value is -1.49. The third-order valence-electron chi connectivity index (χ3n) is 2.27. The average molecular weight is 284 g/mol. The predicted molar refractivity (Wildman–Crippen MR) is 72.8 cm³/mol. The molecule has 94 valence electrons. The van der Waals surface area contributed by atoms with Gasteiger partial charge in [-0.15, -0.1) is 0 Å². The number of aromatic nitrogens is 1. The minimum absolute atomic E-state index is 0.399. The molecule has 1 aromatic carbocycles. The fraction of sp³-hybridized carbons (Fsp3) is 0.0833. The number of nitrogen functional groups attached to an aromatic ring is 1. The first-order valence-corrected chi connectivity index (χ1v) is 5.94. The Balaban J connectivity index is 1.99. The summed E-state index contributed by atoms with van der Waals surface area (Å²) in [5, 5.41) is 0.971. The first-order valence-electron chi connectivity index (χ1n) is 5.18. The zero-order valence-corrected chi connectivity index (χ0v) is 10.9. The zero-order valence-electron chi connectivity index (χ0n) is 9.36. The van der Waals surface area contributed by atoms with Crippen molar-refractivity contribution in [2.24, 2.45) is 5.84 Å². The topological polar surface area (TPSA) is 60.2 Å². The molecule has 0 saturated heterocycles. The lowest BCUT2D eigenvalue weighted by Crippen LogP contribution is -2.08. The van der Waals surface area contributed by atoms with Crippen LogP contribution in [0.15, 0.2) is 36.5 Å². The second-order valence-electron chi connectivity index (χ2n) is 3.56. The first kappa shape index (κ1) is 13.0. The van der Waals surface area contributed by atoms with Gasteiger partial charge in [0.15, 0.2) is 0 Å². The molecule has 0 radical (unpaired) electrons. The Kier molecular flexibility index (Phi) is 4.25. The second kappa shape index (κ2) is 5.91. The van der Waals surface area contributed by atoms with E-state index in [2.05, 4.69) is 10.4 Å². The van der Waals surface area contributed by atoms with Gasteiger partial charge in [-0.3, -0.25) is 0 Å². The van der Waals surface area contributed by atoms with E-state index in [9.17, 15) is 0 Å². The number of pyridine rings is 1. The largest absolute Gasteiger partial charge is 0.489 e. The van der Waals surface area contributed by atoms with Gasteiger partial charge in [-0.1, -0.05) is 29.3 Å². The number of hydrogen-bond donors (Lipinski definition) is 2. The van der Waals surface area contributed by atoms with E-state index in [1.54, 1.807) is 30.5 Å². The summed E-state index contributed by atoms with van der Waals surface area (Å²) in [6, 6.07) is 8.77. The number of nitrogens with one attached hydrogen (secondary N) is 1. The third-order valence-corrected chi connectivity index (χ3v) is 3.01. The molecule has 0 aliphatic heterocycles. The molecule has 2 rings (SSSR count). The molecule has 0 bridgehead atoms. The number of rotatable bonds is 4. The Labute approximate surface area is 115 Å². The molecule has 18 heavy (non-hydrogen) atoms. The van der Waals surface area contributed by atoms with Gasteiger partial charge in [0.1, 0.15) is 18.2 Å². The lowest BCUT2D eigenvalue weighted by Gasteiger charge is -2.07. The number of hydrogen-bond acceptors (Lipinski definition) is 4. The molecule has 0 saturated carbocycles. The van der Waals surface area contributed by atoms with Crippen molar-refractivity contribution in [3.8, 4) is 5.75 Å². The van der Waals surface area contributed by atoms with Crippen molar-refractivity contribution in [2.75, 3.05) is 5.43 Å². The highest BCUT2D eigenvalue weighted by atomic mass is 35.5. The van der Waals surface area contributed by atoms with Gasteiger partial charge in [-0.2, -0.15) is 0 Å². The van der Waals surface area contributed by atoms with Crippen LogP contribution in [-0.4, -0.2) is 4.98 Å². The number of halogens is 2. The first-order chi connectivity index (χ1) is 8.69. The van der Waals surface area contributed by atoms with Crippen LogP contribution in [0.3, 0.4) is 0 Å². The van der Waals surface area contributed by atoms with Crippen molar-refractivity contribution in [3.63, 3.8) is 0 Å². The summed E-state index contributed by atoms with van der Waals surface area (Å²) in [6.45, 7) is 0.399. The van der Waals surface area contributed by atoms with E-state index in [1.165, 1.54) is 0 Å². The van der Waals surface area contributed by atoms with Gasteiger partial charge < -0.3 is 10.2 Å². The molecule has 0 unspecified atom stereocenters. The summed E-state index contributed by atoms with van der Waals surface area (Å²) in [5.41, 5.74) is 3.39. The van der Waals surface area contributed by atoms with E-state index in [1.807, 2.05) is 6.07 Å². The molecular weight excluding hydrogens is 273 g/mol. The van der Waals surface area contributed by atoms with E-state index < -0.39 is 0 Å². The fourth-order valence-corrected chi connectivity index (χ4v) is 1.62. The highest BCUT2D eigenvalue weighted by Gasteiger charge is 2.01. The smallest absolute Gasteiger partial charge is 0.139 e. The molecule has 4 nitrogen and oxygen atoms in total. The van der Waals surface area contributed by atoms with E-state index in [-0.39, 0.29) is 0 Å². The van der Waals surface area contributed by atoms with Crippen LogP contribution in [0, 0.1) is 0 Å². The van der Waals surface area contributed by atoms with Crippen LogP contribution in [0.25, 0.3) is 0 Å². The number of benzene rings is 1. The maximum Gasteiger partial charge on any atom is 0.139 e. The lowest BCUT2D eigenvalue weighted by molar-refractivity contribution is 0.306. The highest BCUT2D eigenvalue weighted by Crippen LogP contribution is 2.26. The van der Waals surface area contributed by atoms with Crippen LogP contribution < -0.4 is 16.0 Å². The molecule has 0 atom stereocenters. The SMILES string of the molecule is NNc1ccc(COc2ccc(Cl)c(Cl)c2)cn1. The van der Waals surface area contributed by atoms with Crippen LogP contribution in [0.1, 0.15) is 5.56 Å². The highest BCUT2D eigenvalue weighted by molar-refractivity contribution is 6.42. The normalized spacial score (nSPS) is 10.2. The van der Waals surface area contributed by atoms with Crippen molar-refractivity contribution in [1.29, 1.82) is 0 Å². The summed E-state index contributed by atoms with van der Waals surface area (Å²) in [4.78, 5) is 4.08. The number of nitrogens with two attached hydrogens (primary N) is 1. The molecule has 6 heteroatoms. The quantitative estimate of drug-likeness (QED) is 0.668. The molecule has 0 spiro atoms. The van der Waals surface area contributed by atoms with Gasteiger partial charge in [0.2, 0.25) is 0 Å². The number of anilines is 1. The minimum atomic E-state index is 0.399. The standard InChI is InChI=1S/C12H11Cl2N3O/c13-10-3-2-9(5-11(10)14)18-7-8-1-4-12(17-15)16-6-8/h1-6H,7,15H2,(H,16,17). The fourth-order valence-electron chi connectivity index (χ4n) is 1.33. The maximum absolute atomic E-state index is 5.89. The average Bonchev–Trinajstić information content (AvgIpc) is 2.41. The van der Waals surface area contributed by atoms with Gasteiger partial charge >= 0.3 is 0 Å². The molecule has 0 amide bonds. The molecule has 3 N–H and O–H groups in total. The van der Waals surface area contributed by atoms with Gasteiger partial charge in [0, 0.05) is 17.8 Å². The second-order valence-corrected chi connectivity index (χ2v) is 4.38. The minimum Gasteiger partial charge on any atom is -0.489 e. The van der Waals surface area contributed by atoms with Crippen molar-refractivity contribution in [3.05, 3.63) is 52.1 Å². The maximum atomic E-state index is 5.89.